The van der Waals surface area contributed by atoms with Crippen molar-refractivity contribution in [2.45, 2.75) is 50.0 Å². The van der Waals surface area contributed by atoms with E-state index < -0.39 is 0 Å². The lowest BCUT2D eigenvalue weighted by molar-refractivity contribution is -0.0178. The molecule has 0 radical (unpaired) electrons. The summed E-state index contributed by atoms with van der Waals surface area (Å²) in [6, 6.07) is 0. The minimum Gasteiger partial charge on any atom is -0.370 e. The largest absolute Gasteiger partial charge is 0.370 e. The standard InChI is InChI=1S/C13H21N3O2/c1-17-13(6-2-3-7-13)12-15-11(18-16-12)10-4-8-14-9-5-10/h10,14H,2-9H2,1H3. The van der Waals surface area contributed by atoms with Crippen molar-refractivity contribution < 1.29 is 9.26 Å². The summed E-state index contributed by atoms with van der Waals surface area (Å²) in [4.78, 5) is 4.63. The number of hydrogen-bond donors (Lipinski definition) is 1. The SMILES string of the molecule is COC1(c2noc(C3CCNCC3)n2)CCCC1. The fraction of sp³-hybridized carbons (Fsp3) is 0.846. The zero-order valence-electron chi connectivity index (χ0n) is 10.9. The second kappa shape index (κ2) is 4.97. The highest BCUT2D eigenvalue weighted by atomic mass is 16.5. The third-order valence-corrected chi connectivity index (χ3v) is 4.34. The fourth-order valence-corrected chi connectivity index (χ4v) is 3.12. The van der Waals surface area contributed by atoms with Crippen LogP contribution in [0.25, 0.3) is 0 Å². The zero-order chi connectivity index (χ0) is 12.4. The molecule has 100 valence electrons. The van der Waals surface area contributed by atoms with Crippen LogP contribution < -0.4 is 5.32 Å². The molecule has 2 heterocycles. The number of nitrogens with zero attached hydrogens (tertiary/aromatic N) is 2. The first-order valence-corrected chi connectivity index (χ1v) is 6.94. The second-order valence-corrected chi connectivity index (χ2v) is 5.39. The van der Waals surface area contributed by atoms with Crippen LogP contribution in [0.2, 0.25) is 0 Å². The molecule has 2 fully saturated rings. The molecule has 5 heteroatoms. The van der Waals surface area contributed by atoms with Crippen LogP contribution in [0.4, 0.5) is 0 Å². The predicted octanol–water partition coefficient (Wildman–Crippen LogP) is 1.95. The molecule has 0 aromatic carbocycles. The molecule has 1 aromatic heterocycles. The average molecular weight is 251 g/mol. The van der Waals surface area contributed by atoms with Crippen molar-refractivity contribution in [1.82, 2.24) is 15.5 Å². The number of hydrogen-bond acceptors (Lipinski definition) is 5. The van der Waals surface area contributed by atoms with E-state index in [2.05, 4.69) is 15.5 Å². The van der Waals surface area contributed by atoms with Gasteiger partial charge in [-0.3, -0.25) is 0 Å². The van der Waals surface area contributed by atoms with Gasteiger partial charge in [-0.15, -0.1) is 0 Å². The Kier molecular flexibility index (Phi) is 3.35. The van der Waals surface area contributed by atoms with Crippen molar-refractivity contribution >= 4 is 0 Å². The minimum atomic E-state index is -0.283. The fourth-order valence-electron chi connectivity index (χ4n) is 3.12. The molecule has 2 aliphatic rings. The highest BCUT2D eigenvalue weighted by molar-refractivity contribution is 5.06. The maximum atomic E-state index is 5.69. The van der Waals surface area contributed by atoms with Gasteiger partial charge in [-0.05, 0) is 51.6 Å². The smallest absolute Gasteiger partial charge is 0.229 e. The van der Waals surface area contributed by atoms with E-state index in [1.54, 1.807) is 7.11 Å². The number of ether oxygens (including phenoxy) is 1. The number of rotatable bonds is 3. The van der Waals surface area contributed by atoms with Crippen LogP contribution in [-0.2, 0) is 10.3 Å². The van der Waals surface area contributed by atoms with Crippen LogP contribution in [0.3, 0.4) is 0 Å². The lowest BCUT2D eigenvalue weighted by Crippen LogP contribution is -2.27. The van der Waals surface area contributed by atoms with Gasteiger partial charge in [-0.25, -0.2) is 0 Å². The number of methoxy groups -OCH3 is 1. The lowest BCUT2D eigenvalue weighted by atomic mass is 9.97. The first kappa shape index (κ1) is 12.1. The predicted molar refractivity (Wildman–Crippen MR) is 66.3 cm³/mol. The molecule has 1 aromatic rings. The van der Waals surface area contributed by atoms with Gasteiger partial charge in [0, 0.05) is 13.0 Å². The molecule has 0 amide bonds. The Morgan fingerprint density at radius 1 is 1.28 bits per heavy atom. The summed E-state index contributed by atoms with van der Waals surface area (Å²) in [6.07, 6.45) is 6.56. The van der Waals surface area contributed by atoms with Crippen molar-refractivity contribution in [3.05, 3.63) is 11.7 Å². The highest BCUT2D eigenvalue weighted by Crippen LogP contribution is 2.40. The van der Waals surface area contributed by atoms with Crippen LogP contribution in [-0.4, -0.2) is 30.3 Å². The summed E-state index contributed by atoms with van der Waals surface area (Å²) < 4.78 is 11.2. The molecule has 18 heavy (non-hydrogen) atoms. The number of piperidine rings is 1. The molecule has 1 saturated heterocycles. The molecule has 1 N–H and O–H groups in total. The maximum Gasteiger partial charge on any atom is 0.229 e. The van der Waals surface area contributed by atoms with Gasteiger partial charge in [-0.1, -0.05) is 5.16 Å². The third kappa shape index (κ3) is 2.06. The summed E-state index contributed by atoms with van der Waals surface area (Å²) in [5.74, 6) is 1.98. The summed E-state index contributed by atoms with van der Waals surface area (Å²) in [6.45, 7) is 2.08. The van der Waals surface area contributed by atoms with Crippen LogP contribution in [0.5, 0.6) is 0 Å². The molecule has 1 aliphatic carbocycles. The van der Waals surface area contributed by atoms with Crippen molar-refractivity contribution in [2.24, 2.45) is 0 Å². The van der Waals surface area contributed by atoms with E-state index in [-0.39, 0.29) is 5.60 Å². The van der Waals surface area contributed by atoms with Crippen LogP contribution in [0.1, 0.15) is 56.2 Å². The molecule has 0 atom stereocenters. The molecule has 3 rings (SSSR count). The van der Waals surface area contributed by atoms with E-state index in [1.807, 2.05) is 0 Å². The Bertz CT molecular complexity index is 393. The van der Waals surface area contributed by atoms with E-state index in [4.69, 9.17) is 9.26 Å². The highest BCUT2D eigenvalue weighted by Gasteiger charge is 2.40. The molecule has 1 aliphatic heterocycles. The van der Waals surface area contributed by atoms with Crippen LogP contribution in [0.15, 0.2) is 4.52 Å². The quantitative estimate of drug-likeness (QED) is 0.889. The van der Waals surface area contributed by atoms with E-state index in [9.17, 15) is 0 Å². The van der Waals surface area contributed by atoms with Gasteiger partial charge < -0.3 is 14.6 Å². The summed E-state index contributed by atoms with van der Waals surface area (Å²) in [7, 11) is 1.76. The Balaban J connectivity index is 1.79. The summed E-state index contributed by atoms with van der Waals surface area (Å²) in [5, 5.41) is 7.54. The van der Waals surface area contributed by atoms with Gasteiger partial charge in [0.25, 0.3) is 0 Å². The molecular weight excluding hydrogens is 230 g/mol. The third-order valence-electron chi connectivity index (χ3n) is 4.34. The second-order valence-electron chi connectivity index (χ2n) is 5.39. The zero-order valence-corrected chi connectivity index (χ0v) is 10.9. The van der Waals surface area contributed by atoms with Gasteiger partial charge in [0.2, 0.25) is 11.7 Å². The molecule has 0 unspecified atom stereocenters. The number of aromatic nitrogens is 2. The average Bonchev–Trinajstić information content (AvgIpc) is 3.09. The molecule has 1 saturated carbocycles. The van der Waals surface area contributed by atoms with Crippen LogP contribution >= 0.6 is 0 Å². The molecular formula is C13H21N3O2. The van der Waals surface area contributed by atoms with E-state index in [0.29, 0.717) is 5.92 Å². The Hall–Kier alpha value is -0.940. The van der Waals surface area contributed by atoms with E-state index in [1.165, 1.54) is 12.8 Å². The van der Waals surface area contributed by atoms with Crippen molar-refractivity contribution in [3.8, 4) is 0 Å². The monoisotopic (exact) mass is 251 g/mol. The Labute approximate surface area is 107 Å². The number of nitrogens with one attached hydrogen (secondary N) is 1. The molecule has 5 nitrogen and oxygen atoms in total. The van der Waals surface area contributed by atoms with E-state index in [0.717, 1.165) is 50.5 Å². The Morgan fingerprint density at radius 2 is 2.00 bits per heavy atom. The molecule has 0 spiro atoms. The van der Waals surface area contributed by atoms with Gasteiger partial charge in [0.15, 0.2) is 0 Å². The van der Waals surface area contributed by atoms with Gasteiger partial charge >= 0.3 is 0 Å². The van der Waals surface area contributed by atoms with Crippen LogP contribution in [0, 0.1) is 0 Å². The van der Waals surface area contributed by atoms with Crippen molar-refractivity contribution in [3.63, 3.8) is 0 Å². The van der Waals surface area contributed by atoms with Gasteiger partial charge in [0.1, 0.15) is 5.60 Å². The molecule has 0 bridgehead atoms. The van der Waals surface area contributed by atoms with Crippen molar-refractivity contribution in [2.75, 3.05) is 20.2 Å². The summed E-state index contributed by atoms with van der Waals surface area (Å²) in [5.41, 5.74) is -0.283. The first-order valence-electron chi connectivity index (χ1n) is 6.94. The lowest BCUT2D eigenvalue weighted by Gasteiger charge is -2.23. The normalized spacial score (nSPS) is 24.5. The van der Waals surface area contributed by atoms with Crippen molar-refractivity contribution in [1.29, 1.82) is 0 Å². The Morgan fingerprint density at radius 3 is 2.67 bits per heavy atom. The first-order chi connectivity index (χ1) is 8.84. The van der Waals surface area contributed by atoms with E-state index >= 15 is 0 Å². The summed E-state index contributed by atoms with van der Waals surface area (Å²) >= 11 is 0. The maximum absolute atomic E-state index is 5.69. The van der Waals surface area contributed by atoms with Gasteiger partial charge in [-0.2, -0.15) is 4.98 Å². The van der Waals surface area contributed by atoms with Gasteiger partial charge in [0.05, 0.1) is 0 Å². The minimum absolute atomic E-state index is 0.283. The topological polar surface area (TPSA) is 60.2 Å².